The first kappa shape index (κ1) is 23.2. The highest BCUT2D eigenvalue weighted by Gasteiger charge is 2.52. The number of carbonyl (C=O) groups excluding carboxylic acids is 2. The first-order chi connectivity index (χ1) is 15.9. The summed E-state index contributed by atoms with van der Waals surface area (Å²) in [6.07, 6.45) is 3.21. The summed E-state index contributed by atoms with van der Waals surface area (Å²) in [5, 5.41) is 0. The van der Waals surface area contributed by atoms with E-state index in [0.29, 0.717) is 12.4 Å². The van der Waals surface area contributed by atoms with Gasteiger partial charge in [0.1, 0.15) is 12.3 Å². The minimum atomic E-state index is -0.495. The average molecular weight is 456 g/mol. The topological polar surface area (TPSA) is 71.7 Å². The molecule has 1 unspecified atom stereocenters. The van der Waals surface area contributed by atoms with Crippen molar-refractivity contribution in [1.29, 1.82) is 0 Å². The van der Waals surface area contributed by atoms with E-state index < -0.39 is 6.04 Å². The van der Waals surface area contributed by atoms with E-state index in [-0.39, 0.29) is 11.9 Å². The molecule has 0 N–H and O–H groups in total. The lowest BCUT2D eigenvalue weighted by molar-refractivity contribution is -0.537. The van der Waals surface area contributed by atoms with Crippen molar-refractivity contribution in [2.24, 2.45) is 4.99 Å². The Morgan fingerprint density at radius 1 is 1.03 bits per heavy atom. The zero-order chi connectivity index (χ0) is 23.5. The number of likely N-dealkylation sites (N-methyl/N-ethyl adjacent to an activating group) is 2. The number of anilines is 1. The Labute approximate surface area is 195 Å². The molecule has 3 amide bonds. The quantitative estimate of drug-likeness (QED) is 0.441. The fourth-order valence-electron chi connectivity index (χ4n) is 4.72. The van der Waals surface area contributed by atoms with E-state index in [9.17, 15) is 9.59 Å². The second kappa shape index (κ2) is 9.91. The highest BCUT2D eigenvalue weighted by atomic mass is 16.5. The molecule has 3 heterocycles. The number of methoxy groups -OCH3 is 1. The predicted molar refractivity (Wildman–Crippen MR) is 128 cm³/mol. The Kier molecular flexibility index (Phi) is 6.97. The van der Waals surface area contributed by atoms with Gasteiger partial charge in [0.2, 0.25) is 0 Å². The van der Waals surface area contributed by atoms with Crippen molar-refractivity contribution < 1.29 is 18.9 Å². The van der Waals surface area contributed by atoms with Gasteiger partial charge in [0.15, 0.2) is 0 Å². The first-order valence-electron chi connectivity index (χ1n) is 11.8. The lowest BCUT2D eigenvalue weighted by atomic mass is 10.1. The number of rotatable bonds is 8. The van der Waals surface area contributed by atoms with Gasteiger partial charge in [0.25, 0.3) is 17.8 Å². The molecule has 4 rings (SSSR count). The van der Waals surface area contributed by atoms with Crippen molar-refractivity contribution in [3.05, 3.63) is 24.3 Å². The van der Waals surface area contributed by atoms with Gasteiger partial charge in [-0.25, -0.2) is 9.37 Å². The molecule has 1 aromatic rings. The second-order valence-electron chi connectivity index (χ2n) is 8.89. The molecule has 178 valence electrons. The summed E-state index contributed by atoms with van der Waals surface area (Å²) in [7, 11) is 4.94. The van der Waals surface area contributed by atoms with Gasteiger partial charge in [0, 0.05) is 46.0 Å². The van der Waals surface area contributed by atoms with Crippen molar-refractivity contribution in [2.75, 3.05) is 65.4 Å². The van der Waals surface area contributed by atoms with Crippen LogP contribution in [-0.4, -0.2) is 109 Å². The van der Waals surface area contributed by atoms with Crippen LogP contribution in [-0.2, 0) is 4.79 Å². The van der Waals surface area contributed by atoms with Crippen LogP contribution < -0.4 is 9.64 Å². The zero-order valence-electron chi connectivity index (χ0n) is 20.2. The maximum atomic E-state index is 13.0. The molecule has 2 saturated heterocycles. The maximum Gasteiger partial charge on any atom is 0.333 e. The Bertz CT molecular complexity index is 949. The van der Waals surface area contributed by atoms with E-state index in [1.807, 2.05) is 12.1 Å². The summed E-state index contributed by atoms with van der Waals surface area (Å²) in [5.41, 5.74) is 1.20. The maximum absolute atomic E-state index is 13.0. The SMILES string of the molecule is CCCCC[N+]1=C(CN2CCN(c3ccc(OC)cc3)CC2)N=C2C1C(=O)N(C)C(=O)N2C. The van der Waals surface area contributed by atoms with Gasteiger partial charge in [-0.3, -0.25) is 19.5 Å². The van der Waals surface area contributed by atoms with Crippen molar-refractivity contribution in [1.82, 2.24) is 14.7 Å². The summed E-state index contributed by atoms with van der Waals surface area (Å²) < 4.78 is 7.39. The normalized spacial score (nSPS) is 21.6. The summed E-state index contributed by atoms with van der Waals surface area (Å²) in [5.74, 6) is 2.13. The number of aliphatic imine (C=N–C) groups is 1. The fraction of sp³-hybridized carbons (Fsp3) is 0.583. The summed E-state index contributed by atoms with van der Waals surface area (Å²) >= 11 is 0. The highest BCUT2D eigenvalue weighted by Crippen LogP contribution is 2.22. The highest BCUT2D eigenvalue weighted by molar-refractivity contribution is 6.23. The number of fused-ring (bicyclic) bond motifs is 1. The van der Waals surface area contributed by atoms with Crippen molar-refractivity contribution in [3.8, 4) is 5.75 Å². The Hall–Kier alpha value is -2.94. The molecule has 3 aliphatic rings. The van der Waals surface area contributed by atoms with Crippen LogP contribution in [0.25, 0.3) is 0 Å². The fourth-order valence-corrected chi connectivity index (χ4v) is 4.72. The van der Waals surface area contributed by atoms with Crippen LogP contribution in [0.15, 0.2) is 29.3 Å². The van der Waals surface area contributed by atoms with Crippen LogP contribution in [0.3, 0.4) is 0 Å². The summed E-state index contributed by atoms with van der Waals surface area (Å²) in [6, 6.07) is 7.37. The van der Waals surface area contributed by atoms with Crippen LogP contribution in [0.4, 0.5) is 10.5 Å². The molecule has 0 spiro atoms. The Balaban J connectivity index is 1.47. The number of imide groups is 1. The molecule has 0 saturated carbocycles. The van der Waals surface area contributed by atoms with Gasteiger partial charge in [-0.2, -0.15) is 0 Å². The lowest BCUT2D eigenvalue weighted by Gasteiger charge is -2.35. The molecule has 9 nitrogen and oxygen atoms in total. The molecular weight excluding hydrogens is 420 g/mol. The largest absolute Gasteiger partial charge is 0.497 e. The van der Waals surface area contributed by atoms with Crippen LogP contribution >= 0.6 is 0 Å². The number of unbranched alkanes of at least 4 members (excludes halogenated alkanes) is 2. The minimum absolute atomic E-state index is 0.187. The van der Waals surface area contributed by atoms with E-state index in [1.165, 1.54) is 15.5 Å². The van der Waals surface area contributed by atoms with Crippen LogP contribution in [0, 0.1) is 0 Å². The molecule has 1 atom stereocenters. The summed E-state index contributed by atoms with van der Waals surface area (Å²) in [4.78, 5) is 37.8. The van der Waals surface area contributed by atoms with Gasteiger partial charge < -0.3 is 9.64 Å². The third kappa shape index (κ3) is 4.59. The number of hydrogen-bond acceptors (Lipinski definition) is 6. The summed E-state index contributed by atoms with van der Waals surface area (Å²) in [6.45, 7) is 7.30. The average Bonchev–Trinajstić information content (AvgIpc) is 3.20. The van der Waals surface area contributed by atoms with Crippen LogP contribution in [0.2, 0.25) is 0 Å². The van der Waals surface area contributed by atoms with Gasteiger partial charge in [-0.1, -0.05) is 13.3 Å². The minimum Gasteiger partial charge on any atom is -0.497 e. The number of nitrogens with zero attached hydrogens (tertiary/aromatic N) is 6. The molecular formula is C24H35N6O3+. The molecule has 0 aromatic heterocycles. The third-order valence-electron chi connectivity index (χ3n) is 6.79. The lowest BCUT2D eigenvalue weighted by Crippen LogP contribution is -2.61. The molecule has 2 fully saturated rings. The predicted octanol–water partition coefficient (Wildman–Crippen LogP) is 1.72. The molecule has 33 heavy (non-hydrogen) atoms. The number of urea groups is 1. The zero-order valence-corrected chi connectivity index (χ0v) is 20.2. The molecule has 1 aromatic carbocycles. The number of benzene rings is 1. The van der Waals surface area contributed by atoms with Gasteiger partial charge in [-0.05, 0) is 42.1 Å². The van der Waals surface area contributed by atoms with Crippen molar-refractivity contribution in [2.45, 2.75) is 32.2 Å². The smallest absolute Gasteiger partial charge is 0.333 e. The molecule has 9 heteroatoms. The van der Waals surface area contributed by atoms with Gasteiger partial charge >= 0.3 is 11.9 Å². The van der Waals surface area contributed by atoms with E-state index in [2.05, 4.69) is 33.4 Å². The molecule has 0 aliphatic carbocycles. The van der Waals surface area contributed by atoms with E-state index >= 15 is 0 Å². The van der Waals surface area contributed by atoms with E-state index in [1.54, 1.807) is 21.2 Å². The number of amides is 3. The molecule has 0 radical (unpaired) electrons. The second-order valence-corrected chi connectivity index (χ2v) is 8.89. The van der Waals surface area contributed by atoms with Crippen LogP contribution in [0.1, 0.15) is 26.2 Å². The number of ether oxygens (including phenoxy) is 1. The number of hydrogen-bond donors (Lipinski definition) is 0. The van der Waals surface area contributed by atoms with Crippen molar-refractivity contribution in [3.63, 3.8) is 0 Å². The number of amidine groups is 2. The van der Waals surface area contributed by atoms with Gasteiger partial charge in [-0.15, -0.1) is 0 Å². The van der Waals surface area contributed by atoms with E-state index in [0.717, 1.165) is 63.6 Å². The number of carbonyl (C=O) groups is 2. The van der Waals surface area contributed by atoms with Crippen LogP contribution in [0.5, 0.6) is 5.75 Å². The van der Waals surface area contributed by atoms with Crippen molar-refractivity contribution >= 4 is 29.3 Å². The molecule has 3 aliphatic heterocycles. The number of piperazine rings is 1. The molecule has 0 bridgehead atoms. The standard InChI is InChI=1S/C24H35N6O3/c1-5-6-7-12-30-20(25-22-21(30)23(31)27(3)24(32)26(22)2)17-28-13-15-29(16-14-28)18-8-10-19(33-4)11-9-18/h8-11,21H,5-7,12-17H2,1-4H3/q+1. The Morgan fingerprint density at radius 2 is 1.73 bits per heavy atom. The Morgan fingerprint density at radius 3 is 2.36 bits per heavy atom. The van der Waals surface area contributed by atoms with E-state index in [4.69, 9.17) is 9.73 Å². The monoisotopic (exact) mass is 455 g/mol. The first-order valence-corrected chi connectivity index (χ1v) is 11.8. The third-order valence-corrected chi connectivity index (χ3v) is 6.79. The van der Waals surface area contributed by atoms with Gasteiger partial charge in [0.05, 0.1) is 13.7 Å².